The van der Waals surface area contributed by atoms with Crippen LogP contribution in [0.25, 0.3) is 0 Å². The van der Waals surface area contributed by atoms with Gasteiger partial charge in [0, 0.05) is 16.3 Å². The summed E-state index contributed by atoms with van der Waals surface area (Å²) in [5, 5.41) is 3.54. The Bertz CT molecular complexity index is 626. The topological polar surface area (TPSA) is 55.1 Å². The van der Waals surface area contributed by atoms with Gasteiger partial charge in [0.1, 0.15) is 0 Å². The summed E-state index contributed by atoms with van der Waals surface area (Å²) >= 11 is 6.06. The number of hydrogen-bond donors (Lipinski definition) is 2. The van der Waals surface area contributed by atoms with E-state index in [0.717, 1.165) is 16.8 Å². The summed E-state index contributed by atoms with van der Waals surface area (Å²) in [5.74, 6) is -0.139. The quantitative estimate of drug-likeness (QED) is 0.906. The van der Waals surface area contributed by atoms with Crippen LogP contribution in [0.2, 0.25) is 5.02 Å². The number of nitrogens with two attached hydrogens (primary N) is 1. The lowest BCUT2D eigenvalue weighted by Crippen LogP contribution is -2.16. The predicted molar refractivity (Wildman–Crippen MR) is 83.3 cm³/mol. The lowest BCUT2D eigenvalue weighted by Gasteiger charge is -2.12. The fourth-order valence-electron chi connectivity index (χ4n) is 2.05. The van der Waals surface area contributed by atoms with E-state index in [9.17, 15) is 4.79 Å². The maximum Gasteiger partial charge on any atom is 0.255 e. The first-order valence-electron chi connectivity index (χ1n) is 6.48. The average Bonchev–Trinajstić information content (AvgIpc) is 2.45. The van der Waals surface area contributed by atoms with Gasteiger partial charge in [0.2, 0.25) is 0 Å². The van der Waals surface area contributed by atoms with Crippen molar-refractivity contribution in [2.75, 3.05) is 11.9 Å². The minimum atomic E-state index is -0.139. The number of carbonyl (C=O) groups is 1. The zero-order valence-electron chi connectivity index (χ0n) is 11.3. The summed E-state index contributed by atoms with van der Waals surface area (Å²) < 4.78 is 0. The molecule has 0 saturated heterocycles. The molecule has 0 heterocycles. The number of hydrogen-bond acceptors (Lipinski definition) is 2. The highest BCUT2D eigenvalue weighted by Gasteiger charge is 2.12. The fourth-order valence-corrected chi connectivity index (χ4v) is 2.22. The Morgan fingerprint density at radius 1 is 1.20 bits per heavy atom. The molecule has 104 valence electrons. The second kappa shape index (κ2) is 6.55. The maximum absolute atomic E-state index is 12.4. The third-order valence-electron chi connectivity index (χ3n) is 3.19. The molecule has 0 aromatic heterocycles. The molecule has 3 nitrogen and oxygen atoms in total. The largest absolute Gasteiger partial charge is 0.330 e. The van der Waals surface area contributed by atoms with Gasteiger partial charge in [-0.25, -0.2) is 0 Å². The van der Waals surface area contributed by atoms with E-state index < -0.39 is 0 Å². The minimum absolute atomic E-state index is 0.139. The molecule has 20 heavy (non-hydrogen) atoms. The number of benzene rings is 2. The van der Waals surface area contributed by atoms with E-state index in [0.29, 0.717) is 23.6 Å². The van der Waals surface area contributed by atoms with E-state index >= 15 is 0 Å². The molecule has 0 aliphatic rings. The average molecular weight is 289 g/mol. The van der Waals surface area contributed by atoms with Crippen LogP contribution >= 0.6 is 11.6 Å². The van der Waals surface area contributed by atoms with E-state index in [1.165, 1.54) is 0 Å². The summed E-state index contributed by atoms with van der Waals surface area (Å²) in [7, 11) is 0. The maximum atomic E-state index is 12.4. The summed E-state index contributed by atoms with van der Waals surface area (Å²) in [6.07, 6.45) is 0.679. The lowest BCUT2D eigenvalue weighted by atomic mass is 10.0. The first-order valence-corrected chi connectivity index (χ1v) is 6.85. The van der Waals surface area contributed by atoms with Gasteiger partial charge in [0.25, 0.3) is 5.91 Å². The first kappa shape index (κ1) is 14.6. The second-order valence-electron chi connectivity index (χ2n) is 4.56. The van der Waals surface area contributed by atoms with Gasteiger partial charge in [-0.3, -0.25) is 4.79 Å². The molecule has 0 saturated carbocycles. The fraction of sp³-hybridized carbons (Fsp3) is 0.188. The normalized spacial score (nSPS) is 10.3. The molecule has 2 aromatic carbocycles. The standard InChI is InChI=1S/C16H17ClN2O/c1-11-14(17)7-4-8-15(11)19-16(20)13-6-3-2-5-12(13)9-10-18/h2-8H,9-10,18H2,1H3,(H,19,20). The van der Waals surface area contributed by atoms with Gasteiger partial charge < -0.3 is 11.1 Å². The SMILES string of the molecule is Cc1c(Cl)cccc1NC(=O)c1ccccc1CCN. The van der Waals surface area contributed by atoms with Crippen LogP contribution in [0.4, 0.5) is 5.69 Å². The number of halogens is 1. The van der Waals surface area contributed by atoms with Gasteiger partial charge >= 0.3 is 0 Å². The number of carbonyl (C=O) groups excluding carboxylic acids is 1. The molecule has 1 amide bonds. The van der Waals surface area contributed by atoms with Gasteiger partial charge in [0.05, 0.1) is 0 Å². The second-order valence-corrected chi connectivity index (χ2v) is 4.97. The van der Waals surface area contributed by atoms with Crippen LogP contribution in [-0.2, 0) is 6.42 Å². The molecular weight excluding hydrogens is 272 g/mol. The lowest BCUT2D eigenvalue weighted by molar-refractivity contribution is 0.102. The Morgan fingerprint density at radius 3 is 2.70 bits per heavy atom. The van der Waals surface area contributed by atoms with Crippen LogP contribution in [0.1, 0.15) is 21.5 Å². The van der Waals surface area contributed by atoms with Crippen LogP contribution < -0.4 is 11.1 Å². The molecule has 0 spiro atoms. The molecule has 2 aromatic rings. The van der Waals surface area contributed by atoms with Gasteiger partial charge in [-0.2, -0.15) is 0 Å². The number of anilines is 1. The molecule has 4 heteroatoms. The summed E-state index contributed by atoms with van der Waals surface area (Å²) in [4.78, 5) is 12.4. The molecule has 0 aliphatic carbocycles. The van der Waals surface area contributed by atoms with Crippen molar-refractivity contribution in [1.29, 1.82) is 0 Å². The molecule has 0 aliphatic heterocycles. The van der Waals surface area contributed by atoms with E-state index in [-0.39, 0.29) is 5.91 Å². The van der Waals surface area contributed by atoms with E-state index in [1.54, 1.807) is 12.1 Å². The van der Waals surface area contributed by atoms with Crippen molar-refractivity contribution in [3.05, 3.63) is 64.2 Å². The third-order valence-corrected chi connectivity index (χ3v) is 3.60. The van der Waals surface area contributed by atoms with Gasteiger partial charge in [-0.1, -0.05) is 35.9 Å². The molecule has 3 N–H and O–H groups in total. The van der Waals surface area contributed by atoms with Crippen molar-refractivity contribution < 1.29 is 4.79 Å². The highest BCUT2D eigenvalue weighted by atomic mass is 35.5. The number of amides is 1. The Kier molecular flexibility index (Phi) is 4.77. The van der Waals surface area contributed by atoms with Crippen LogP contribution in [0.3, 0.4) is 0 Å². The number of rotatable bonds is 4. The Hall–Kier alpha value is -1.84. The van der Waals surface area contributed by atoms with Crippen LogP contribution in [0, 0.1) is 6.92 Å². The van der Waals surface area contributed by atoms with Crippen LogP contribution in [0.5, 0.6) is 0 Å². The first-order chi connectivity index (χ1) is 9.63. The number of nitrogens with one attached hydrogen (secondary N) is 1. The van der Waals surface area contributed by atoms with Crippen molar-refractivity contribution in [3.63, 3.8) is 0 Å². The molecule has 0 atom stereocenters. The third kappa shape index (κ3) is 3.18. The predicted octanol–water partition coefficient (Wildman–Crippen LogP) is 3.40. The van der Waals surface area contributed by atoms with Crippen LogP contribution in [-0.4, -0.2) is 12.5 Å². The molecular formula is C16H17ClN2O. The highest BCUT2D eigenvalue weighted by molar-refractivity contribution is 6.31. The molecule has 0 radical (unpaired) electrons. The van der Waals surface area contributed by atoms with Gasteiger partial charge in [-0.05, 0) is 49.2 Å². The Morgan fingerprint density at radius 2 is 1.95 bits per heavy atom. The zero-order chi connectivity index (χ0) is 14.5. The van der Waals surface area contributed by atoms with Crippen molar-refractivity contribution in [3.8, 4) is 0 Å². The highest BCUT2D eigenvalue weighted by Crippen LogP contribution is 2.23. The van der Waals surface area contributed by atoms with Crippen molar-refractivity contribution >= 4 is 23.2 Å². The van der Waals surface area contributed by atoms with Gasteiger partial charge in [0.15, 0.2) is 0 Å². The molecule has 0 bridgehead atoms. The molecule has 0 fully saturated rings. The van der Waals surface area contributed by atoms with Gasteiger partial charge in [-0.15, -0.1) is 0 Å². The summed E-state index contributed by atoms with van der Waals surface area (Å²) in [5.41, 5.74) is 8.77. The van der Waals surface area contributed by atoms with Crippen molar-refractivity contribution in [2.45, 2.75) is 13.3 Å². The zero-order valence-corrected chi connectivity index (χ0v) is 12.1. The minimum Gasteiger partial charge on any atom is -0.330 e. The smallest absolute Gasteiger partial charge is 0.255 e. The Labute approximate surface area is 123 Å². The van der Waals surface area contributed by atoms with Crippen molar-refractivity contribution in [1.82, 2.24) is 0 Å². The van der Waals surface area contributed by atoms with Crippen LogP contribution in [0.15, 0.2) is 42.5 Å². The molecule has 0 unspecified atom stereocenters. The summed E-state index contributed by atoms with van der Waals surface area (Å²) in [6.45, 7) is 2.39. The summed E-state index contributed by atoms with van der Waals surface area (Å²) in [6, 6.07) is 12.9. The van der Waals surface area contributed by atoms with E-state index in [1.807, 2.05) is 37.3 Å². The van der Waals surface area contributed by atoms with Crippen molar-refractivity contribution in [2.24, 2.45) is 5.73 Å². The van der Waals surface area contributed by atoms with E-state index in [4.69, 9.17) is 17.3 Å². The monoisotopic (exact) mass is 288 g/mol. The van der Waals surface area contributed by atoms with E-state index in [2.05, 4.69) is 5.32 Å². The Balaban J connectivity index is 2.26. The molecule has 2 rings (SSSR count).